The zero-order chi connectivity index (χ0) is 9.45. The van der Waals surface area contributed by atoms with Crippen molar-refractivity contribution in [1.29, 1.82) is 0 Å². The van der Waals surface area contributed by atoms with E-state index in [0.717, 1.165) is 12.8 Å². The molecule has 0 radical (unpaired) electrons. The zero-order valence-corrected chi connectivity index (χ0v) is 9.09. The molecule has 0 rings (SSSR count). The molecule has 0 saturated heterocycles. The van der Waals surface area contributed by atoms with E-state index < -0.39 is 7.60 Å². The fraction of sp³-hybridized carbons (Fsp3) is 1.00. The largest absolute Gasteiger partial charge is 0.412 e. The number of hydrogen-bond donors (Lipinski definition) is 2. The maximum atomic E-state index is 10.4. The van der Waals surface area contributed by atoms with Gasteiger partial charge in [0.05, 0.1) is 0 Å². The molecule has 0 aromatic carbocycles. The van der Waals surface area contributed by atoms with Crippen molar-refractivity contribution in [3.05, 3.63) is 0 Å². The summed E-state index contributed by atoms with van der Waals surface area (Å²) in [5, 5.41) is 0. The van der Waals surface area contributed by atoms with E-state index in [1.807, 2.05) is 0 Å². The Bertz CT molecular complexity index is 143. The lowest BCUT2D eigenvalue weighted by atomic mass is 10.1. The summed E-state index contributed by atoms with van der Waals surface area (Å²) in [6.07, 6.45) is 6.40. The summed E-state index contributed by atoms with van der Waals surface area (Å²) in [4.78, 5) is 17.1. The van der Waals surface area contributed by atoms with Gasteiger partial charge in [-0.15, -0.1) is 0 Å². The van der Waals surface area contributed by atoms with Gasteiger partial charge in [0, 0.05) is 6.16 Å². The molecule has 4 nitrogen and oxygen atoms in total. The van der Waals surface area contributed by atoms with Crippen LogP contribution in [0.25, 0.3) is 0 Å². The van der Waals surface area contributed by atoms with Gasteiger partial charge in [0.25, 0.3) is 0 Å². The quantitative estimate of drug-likeness (QED) is 0.497. The van der Waals surface area contributed by atoms with Gasteiger partial charge in [-0.2, -0.15) is 0 Å². The SMILES string of the molecule is CCCCCCCCP(=O)(O)O.O. The summed E-state index contributed by atoms with van der Waals surface area (Å²) in [5.74, 6) is 0. The second-order valence-corrected chi connectivity index (χ2v) is 4.93. The van der Waals surface area contributed by atoms with E-state index in [0.29, 0.717) is 6.42 Å². The van der Waals surface area contributed by atoms with Gasteiger partial charge in [-0.1, -0.05) is 39.0 Å². The Labute approximate surface area is 79.8 Å². The Balaban J connectivity index is 0. The molecule has 5 heteroatoms. The second kappa shape index (κ2) is 8.70. The van der Waals surface area contributed by atoms with Crippen molar-refractivity contribution in [3.8, 4) is 0 Å². The summed E-state index contributed by atoms with van der Waals surface area (Å²) in [6, 6.07) is 0. The third-order valence-corrected chi connectivity index (χ3v) is 2.70. The average Bonchev–Trinajstić information content (AvgIpc) is 1.94. The highest BCUT2D eigenvalue weighted by Gasteiger charge is 2.10. The van der Waals surface area contributed by atoms with E-state index in [1.165, 1.54) is 19.3 Å². The minimum atomic E-state index is -3.72. The predicted molar refractivity (Wildman–Crippen MR) is 53.9 cm³/mol. The molecule has 0 aliphatic heterocycles. The fourth-order valence-electron chi connectivity index (χ4n) is 1.10. The van der Waals surface area contributed by atoms with Gasteiger partial charge < -0.3 is 15.3 Å². The molecule has 82 valence electrons. The van der Waals surface area contributed by atoms with Crippen molar-refractivity contribution in [2.24, 2.45) is 0 Å². The normalized spacial score (nSPS) is 11.0. The van der Waals surface area contributed by atoms with Crippen LogP contribution in [0.3, 0.4) is 0 Å². The third kappa shape index (κ3) is 14.9. The molecule has 0 spiro atoms. The molecule has 0 aliphatic carbocycles. The first-order valence-corrected chi connectivity index (χ1v) is 6.40. The molecule has 4 N–H and O–H groups in total. The Kier molecular flexibility index (Phi) is 10.4. The summed E-state index contributed by atoms with van der Waals surface area (Å²) in [5.41, 5.74) is 0. The molecule has 0 fully saturated rings. The van der Waals surface area contributed by atoms with Gasteiger partial charge >= 0.3 is 7.60 Å². The molecule has 0 aromatic heterocycles. The summed E-state index contributed by atoms with van der Waals surface area (Å²) in [7, 11) is -3.72. The van der Waals surface area contributed by atoms with Crippen LogP contribution in [0.2, 0.25) is 0 Å². The fourth-order valence-corrected chi connectivity index (χ4v) is 1.73. The highest BCUT2D eigenvalue weighted by molar-refractivity contribution is 7.51. The van der Waals surface area contributed by atoms with E-state index >= 15 is 0 Å². The van der Waals surface area contributed by atoms with E-state index in [4.69, 9.17) is 9.79 Å². The Morgan fingerprint density at radius 1 is 1.00 bits per heavy atom. The first kappa shape index (κ1) is 15.6. The Hall–Kier alpha value is 0.110. The van der Waals surface area contributed by atoms with Crippen LogP contribution in [-0.2, 0) is 4.57 Å². The monoisotopic (exact) mass is 212 g/mol. The lowest BCUT2D eigenvalue weighted by Crippen LogP contribution is -1.88. The van der Waals surface area contributed by atoms with E-state index in [9.17, 15) is 4.57 Å². The highest BCUT2D eigenvalue weighted by Crippen LogP contribution is 2.35. The van der Waals surface area contributed by atoms with Crippen LogP contribution >= 0.6 is 7.60 Å². The number of hydrogen-bond acceptors (Lipinski definition) is 1. The van der Waals surface area contributed by atoms with Crippen molar-refractivity contribution >= 4 is 7.60 Å². The highest BCUT2D eigenvalue weighted by atomic mass is 31.2. The van der Waals surface area contributed by atoms with Gasteiger partial charge in [-0.25, -0.2) is 0 Å². The molecular weight excluding hydrogens is 191 g/mol. The van der Waals surface area contributed by atoms with Crippen molar-refractivity contribution in [3.63, 3.8) is 0 Å². The Morgan fingerprint density at radius 3 is 1.92 bits per heavy atom. The van der Waals surface area contributed by atoms with Gasteiger partial charge in [0.1, 0.15) is 0 Å². The lowest BCUT2D eigenvalue weighted by Gasteiger charge is -2.02. The van der Waals surface area contributed by atoms with Crippen molar-refractivity contribution in [2.75, 3.05) is 6.16 Å². The molecule has 13 heavy (non-hydrogen) atoms. The van der Waals surface area contributed by atoms with Crippen LogP contribution in [0, 0.1) is 0 Å². The van der Waals surface area contributed by atoms with Gasteiger partial charge in [-0.05, 0) is 6.42 Å². The number of rotatable bonds is 7. The average molecular weight is 212 g/mol. The molecular formula is C8H21O4P. The maximum Gasteiger partial charge on any atom is 0.325 e. The topological polar surface area (TPSA) is 89.0 Å². The standard InChI is InChI=1S/C8H19O3P.H2O/c1-2-3-4-5-6-7-8-12(9,10)11;/h2-8H2,1H3,(H2,9,10,11);1H2. The first-order chi connectivity index (χ1) is 5.56. The van der Waals surface area contributed by atoms with Crippen LogP contribution in [0.4, 0.5) is 0 Å². The van der Waals surface area contributed by atoms with Crippen LogP contribution < -0.4 is 0 Å². The second-order valence-electron chi connectivity index (χ2n) is 3.16. The molecule has 0 heterocycles. The minimum absolute atomic E-state index is 0. The van der Waals surface area contributed by atoms with Crippen molar-refractivity contribution in [2.45, 2.75) is 45.4 Å². The van der Waals surface area contributed by atoms with Crippen molar-refractivity contribution < 1.29 is 19.8 Å². The zero-order valence-electron chi connectivity index (χ0n) is 8.20. The summed E-state index contributed by atoms with van der Waals surface area (Å²) >= 11 is 0. The molecule has 0 atom stereocenters. The smallest absolute Gasteiger partial charge is 0.325 e. The van der Waals surface area contributed by atoms with Crippen LogP contribution in [-0.4, -0.2) is 21.4 Å². The van der Waals surface area contributed by atoms with E-state index in [2.05, 4.69) is 6.92 Å². The molecule has 0 bridgehead atoms. The van der Waals surface area contributed by atoms with E-state index in [-0.39, 0.29) is 11.6 Å². The van der Waals surface area contributed by atoms with Crippen LogP contribution in [0.15, 0.2) is 0 Å². The Morgan fingerprint density at radius 2 is 1.46 bits per heavy atom. The molecule has 0 saturated carbocycles. The van der Waals surface area contributed by atoms with Gasteiger partial charge in [0.15, 0.2) is 0 Å². The van der Waals surface area contributed by atoms with Gasteiger partial charge in [-0.3, -0.25) is 4.57 Å². The van der Waals surface area contributed by atoms with E-state index in [1.54, 1.807) is 0 Å². The molecule has 0 unspecified atom stereocenters. The molecule has 0 aromatic rings. The lowest BCUT2D eigenvalue weighted by molar-refractivity contribution is 0.370. The van der Waals surface area contributed by atoms with Gasteiger partial charge in [0.2, 0.25) is 0 Å². The number of unbranched alkanes of at least 4 members (excludes halogenated alkanes) is 5. The summed E-state index contributed by atoms with van der Waals surface area (Å²) in [6.45, 7) is 2.15. The third-order valence-electron chi connectivity index (χ3n) is 1.80. The predicted octanol–water partition coefficient (Wildman–Crippen LogP) is 1.70. The minimum Gasteiger partial charge on any atom is -0.412 e. The molecule has 0 amide bonds. The van der Waals surface area contributed by atoms with Crippen LogP contribution in [0.5, 0.6) is 0 Å². The maximum absolute atomic E-state index is 10.4. The summed E-state index contributed by atoms with van der Waals surface area (Å²) < 4.78 is 10.4. The van der Waals surface area contributed by atoms with Crippen molar-refractivity contribution in [1.82, 2.24) is 0 Å². The molecule has 0 aliphatic rings. The first-order valence-electron chi connectivity index (χ1n) is 4.61. The van der Waals surface area contributed by atoms with Crippen LogP contribution in [0.1, 0.15) is 45.4 Å².